The number of nitro benzene ring substituents is 1. The highest BCUT2D eigenvalue weighted by Crippen LogP contribution is 2.33. The van der Waals surface area contributed by atoms with Crippen molar-refractivity contribution in [2.24, 2.45) is 0 Å². The zero-order valence-corrected chi connectivity index (χ0v) is 12.8. The van der Waals surface area contributed by atoms with E-state index in [0.717, 1.165) is 29.8 Å². The lowest BCUT2D eigenvalue weighted by Crippen LogP contribution is -2.30. The van der Waals surface area contributed by atoms with Gasteiger partial charge >= 0.3 is 5.69 Å². The molecule has 0 saturated heterocycles. The Morgan fingerprint density at radius 3 is 2.83 bits per heavy atom. The van der Waals surface area contributed by atoms with Crippen molar-refractivity contribution in [1.82, 2.24) is 0 Å². The predicted molar refractivity (Wildman–Crippen MR) is 85.4 cm³/mol. The Bertz CT molecular complexity index is 749. The van der Waals surface area contributed by atoms with Crippen LogP contribution < -0.4 is 9.64 Å². The number of nitrogens with zero attached hydrogens (tertiary/aromatic N) is 2. The molecule has 0 aliphatic carbocycles. The van der Waals surface area contributed by atoms with Gasteiger partial charge in [-0.05, 0) is 42.7 Å². The summed E-state index contributed by atoms with van der Waals surface area (Å²) in [4.78, 5) is 12.7. The summed E-state index contributed by atoms with van der Waals surface area (Å²) in [6.45, 7) is 3.55. The first-order valence-corrected chi connectivity index (χ1v) is 7.52. The molecule has 5 nitrogen and oxygen atoms in total. The smallest absolute Gasteiger partial charge is 0.311 e. The second-order valence-electron chi connectivity index (χ2n) is 5.43. The van der Waals surface area contributed by atoms with Crippen LogP contribution in [0, 0.1) is 15.9 Å². The summed E-state index contributed by atoms with van der Waals surface area (Å²) in [5, 5.41) is 11.1. The van der Waals surface area contributed by atoms with Gasteiger partial charge in [-0.25, -0.2) is 4.39 Å². The van der Waals surface area contributed by atoms with Crippen LogP contribution in [0.4, 0.5) is 15.8 Å². The van der Waals surface area contributed by atoms with Crippen LogP contribution in [0.5, 0.6) is 5.75 Å². The molecular weight excluding hydrogens is 299 g/mol. The fraction of sp³-hybridized carbons (Fsp3) is 0.294. The monoisotopic (exact) mass is 316 g/mol. The zero-order chi connectivity index (χ0) is 16.4. The normalized spacial score (nSPS) is 13.6. The van der Waals surface area contributed by atoms with Crippen LogP contribution in [-0.2, 0) is 13.0 Å². The van der Waals surface area contributed by atoms with Crippen LogP contribution in [0.25, 0.3) is 0 Å². The average Bonchev–Trinajstić information content (AvgIpc) is 2.54. The fourth-order valence-corrected chi connectivity index (χ4v) is 2.86. The van der Waals surface area contributed by atoms with Crippen molar-refractivity contribution < 1.29 is 14.1 Å². The first kappa shape index (κ1) is 15.3. The molecule has 0 saturated carbocycles. The van der Waals surface area contributed by atoms with E-state index in [-0.39, 0.29) is 17.3 Å². The summed E-state index contributed by atoms with van der Waals surface area (Å²) in [6.07, 6.45) is 0.744. The van der Waals surface area contributed by atoms with Crippen LogP contribution in [0.3, 0.4) is 0 Å². The predicted octanol–water partition coefficient (Wildman–Crippen LogP) is 3.70. The fourth-order valence-electron chi connectivity index (χ4n) is 2.86. The molecule has 2 aromatic rings. The van der Waals surface area contributed by atoms with Crippen molar-refractivity contribution in [3.05, 3.63) is 63.5 Å². The summed E-state index contributed by atoms with van der Waals surface area (Å²) in [6, 6.07) is 9.75. The molecule has 0 bridgehead atoms. The van der Waals surface area contributed by atoms with E-state index in [1.54, 1.807) is 31.2 Å². The van der Waals surface area contributed by atoms with Gasteiger partial charge in [0.2, 0.25) is 0 Å². The van der Waals surface area contributed by atoms with Gasteiger partial charge in [-0.3, -0.25) is 10.1 Å². The Morgan fingerprint density at radius 2 is 2.09 bits per heavy atom. The number of halogens is 1. The molecule has 0 fully saturated rings. The van der Waals surface area contributed by atoms with Gasteiger partial charge in [-0.1, -0.05) is 6.07 Å². The quantitative estimate of drug-likeness (QED) is 0.637. The molecular formula is C17H17FN2O3. The van der Waals surface area contributed by atoms with Gasteiger partial charge in [0.05, 0.1) is 11.5 Å². The Morgan fingerprint density at radius 1 is 1.26 bits per heavy atom. The maximum atomic E-state index is 13.3. The second-order valence-corrected chi connectivity index (χ2v) is 5.43. The molecule has 0 radical (unpaired) electrons. The topological polar surface area (TPSA) is 55.6 Å². The largest absolute Gasteiger partial charge is 0.487 e. The van der Waals surface area contributed by atoms with E-state index in [0.29, 0.717) is 13.2 Å². The number of hydrogen-bond acceptors (Lipinski definition) is 4. The lowest BCUT2D eigenvalue weighted by molar-refractivity contribution is -0.385. The molecule has 6 heteroatoms. The minimum absolute atomic E-state index is 0.0323. The summed E-state index contributed by atoms with van der Waals surface area (Å²) < 4.78 is 18.7. The Labute approximate surface area is 133 Å². The molecule has 0 N–H and O–H groups in total. The number of ether oxygens (including phenoxy) is 1. The highest BCUT2D eigenvalue weighted by Gasteiger charge is 2.21. The number of hydrogen-bond donors (Lipinski definition) is 0. The molecule has 3 rings (SSSR count). The van der Waals surface area contributed by atoms with Crippen molar-refractivity contribution in [2.75, 3.05) is 18.1 Å². The molecule has 1 heterocycles. The molecule has 0 spiro atoms. The highest BCUT2D eigenvalue weighted by atomic mass is 19.1. The van der Waals surface area contributed by atoms with Gasteiger partial charge in [0.25, 0.3) is 0 Å². The van der Waals surface area contributed by atoms with E-state index in [1.165, 1.54) is 12.1 Å². The number of fused-ring (bicyclic) bond motifs is 1. The molecule has 1 aliphatic rings. The molecule has 0 amide bonds. The van der Waals surface area contributed by atoms with Crippen molar-refractivity contribution in [3.63, 3.8) is 0 Å². The molecule has 120 valence electrons. The van der Waals surface area contributed by atoms with E-state index >= 15 is 0 Å². The number of anilines is 1. The van der Waals surface area contributed by atoms with Crippen LogP contribution in [0.1, 0.15) is 18.1 Å². The van der Waals surface area contributed by atoms with Crippen LogP contribution in [0.15, 0.2) is 36.4 Å². The molecule has 2 aromatic carbocycles. The van der Waals surface area contributed by atoms with E-state index in [4.69, 9.17) is 4.74 Å². The summed E-state index contributed by atoms with van der Waals surface area (Å²) in [5.74, 6) is 0.0612. The average molecular weight is 316 g/mol. The van der Waals surface area contributed by atoms with E-state index < -0.39 is 4.92 Å². The van der Waals surface area contributed by atoms with Gasteiger partial charge in [0.1, 0.15) is 5.82 Å². The molecule has 0 unspecified atom stereocenters. The third kappa shape index (κ3) is 3.11. The van der Waals surface area contributed by atoms with Crippen molar-refractivity contribution in [1.29, 1.82) is 0 Å². The Balaban J connectivity index is 1.89. The summed E-state index contributed by atoms with van der Waals surface area (Å²) >= 11 is 0. The standard InChI is InChI=1S/C17H17FN2O3/c1-2-23-17-10-15(5-6-16(17)20(21)22)19-8-7-12-9-14(18)4-3-13(12)11-19/h3-6,9-10H,2,7-8,11H2,1H3. The highest BCUT2D eigenvalue weighted by molar-refractivity contribution is 5.60. The van der Waals surface area contributed by atoms with Crippen molar-refractivity contribution in [2.45, 2.75) is 19.9 Å². The van der Waals surface area contributed by atoms with Gasteiger partial charge in [0.15, 0.2) is 5.75 Å². The van der Waals surface area contributed by atoms with Crippen LogP contribution in [0.2, 0.25) is 0 Å². The third-order valence-electron chi connectivity index (χ3n) is 3.99. The minimum atomic E-state index is -0.441. The first-order chi connectivity index (χ1) is 11.1. The molecule has 0 atom stereocenters. The SMILES string of the molecule is CCOc1cc(N2CCc3cc(F)ccc3C2)ccc1[N+](=O)[O-]. The summed E-state index contributed by atoms with van der Waals surface area (Å²) in [5.41, 5.74) is 2.94. The number of benzene rings is 2. The molecule has 0 aromatic heterocycles. The second kappa shape index (κ2) is 6.24. The van der Waals surface area contributed by atoms with E-state index in [2.05, 4.69) is 4.90 Å². The maximum Gasteiger partial charge on any atom is 0.311 e. The van der Waals surface area contributed by atoms with Gasteiger partial charge < -0.3 is 9.64 Å². The summed E-state index contributed by atoms with van der Waals surface area (Å²) in [7, 11) is 0. The van der Waals surface area contributed by atoms with Crippen molar-refractivity contribution in [3.8, 4) is 5.75 Å². The van der Waals surface area contributed by atoms with Gasteiger partial charge in [0, 0.05) is 30.9 Å². The third-order valence-corrected chi connectivity index (χ3v) is 3.99. The minimum Gasteiger partial charge on any atom is -0.487 e. The van der Waals surface area contributed by atoms with E-state index in [1.807, 2.05) is 0 Å². The van der Waals surface area contributed by atoms with Crippen molar-refractivity contribution >= 4 is 11.4 Å². The van der Waals surface area contributed by atoms with Gasteiger partial charge in [-0.2, -0.15) is 0 Å². The number of rotatable bonds is 4. The van der Waals surface area contributed by atoms with Crippen LogP contribution in [-0.4, -0.2) is 18.1 Å². The van der Waals surface area contributed by atoms with Crippen LogP contribution >= 0.6 is 0 Å². The molecule has 1 aliphatic heterocycles. The maximum absolute atomic E-state index is 13.3. The van der Waals surface area contributed by atoms with Gasteiger partial charge in [-0.15, -0.1) is 0 Å². The lowest BCUT2D eigenvalue weighted by Gasteiger charge is -2.31. The zero-order valence-electron chi connectivity index (χ0n) is 12.8. The van der Waals surface area contributed by atoms with E-state index in [9.17, 15) is 14.5 Å². The Kier molecular flexibility index (Phi) is 4.14. The Hall–Kier alpha value is -2.63. The number of nitro groups is 1. The molecule has 23 heavy (non-hydrogen) atoms. The lowest BCUT2D eigenvalue weighted by atomic mass is 9.99. The first-order valence-electron chi connectivity index (χ1n) is 7.52.